The standard InChI is InChI=1S/C13H15NO4/c1-3-14(2)13(16)8-17-9-4-5-10-11(15)7-18-12(10)6-9/h4-6H,3,7-8H2,1-2H3. The molecular weight excluding hydrogens is 234 g/mol. The summed E-state index contributed by atoms with van der Waals surface area (Å²) < 4.78 is 10.6. The Labute approximate surface area is 105 Å². The summed E-state index contributed by atoms with van der Waals surface area (Å²) in [5, 5.41) is 0. The number of hydrogen-bond acceptors (Lipinski definition) is 4. The van der Waals surface area contributed by atoms with Gasteiger partial charge in [-0.15, -0.1) is 0 Å². The van der Waals surface area contributed by atoms with Crippen molar-refractivity contribution < 1.29 is 19.1 Å². The van der Waals surface area contributed by atoms with Crippen molar-refractivity contribution in [2.24, 2.45) is 0 Å². The molecule has 0 saturated carbocycles. The number of fused-ring (bicyclic) bond motifs is 1. The summed E-state index contributed by atoms with van der Waals surface area (Å²) in [4.78, 5) is 24.5. The lowest BCUT2D eigenvalue weighted by Gasteiger charge is -2.14. The predicted molar refractivity (Wildman–Crippen MR) is 65.1 cm³/mol. The molecule has 0 atom stereocenters. The van der Waals surface area contributed by atoms with Gasteiger partial charge in [-0.2, -0.15) is 0 Å². The molecule has 0 aliphatic carbocycles. The quantitative estimate of drug-likeness (QED) is 0.802. The van der Waals surface area contributed by atoms with E-state index in [0.29, 0.717) is 23.6 Å². The van der Waals surface area contributed by atoms with Crippen LogP contribution in [-0.4, -0.2) is 43.4 Å². The van der Waals surface area contributed by atoms with Crippen LogP contribution in [-0.2, 0) is 4.79 Å². The van der Waals surface area contributed by atoms with E-state index < -0.39 is 0 Å². The number of Topliss-reactive ketones (excluding diaryl/α,β-unsaturated/α-hetero) is 1. The van der Waals surface area contributed by atoms with Crippen LogP contribution in [0.5, 0.6) is 11.5 Å². The van der Waals surface area contributed by atoms with E-state index in [9.17, 15) is 9.59 Å². The molecule has 0 bridgehead atoms. The topological polar surface area (TPSA) is 55.8 Å². The number of carbonyl (C=O) groups is 2. The number of rotatable bonds is 4. The first-order valence-electron chi connectivity index (χ1n) is 5.78. The molecule has 5 nitrogen and oxygen atoms in total. The van der Waals surface area contributed by atoms with Crippen LogP contribution in [0.25, 0.3) is 0 Å². The molecule has 1 aromatic carbocycles. The highest BCUT2D eigenvalue weighted by atomic mass is 16.5. The summed E-state index contributed by atoms with van der Waals surface area (Å²) in [6.45, 7) is 2.60. The van der Waals surface area contributed by atoms with Crippen molar-refractivity contribution in [3.8, 4) is 11.5 Å². The van der Waals surface area contributed by atoms with Crippen molar-refractivity contribution in [2.75, 3.05) is 26.8 Å². The predicted octanol–water partition coefficient (Wildman–Crippen LogP) is 1.12. The second-order valence-electron chi connectivity index (χ2n) is 4.07. The lowest BCUT2D eigenvalue weighted by atomic mass is 10.1. The SMILES string of the molecule is CCN(C)C(=O)COc1ccc2c(c1)OCC2=O. The zero-order valence-corrected chi connectivity index (χ0v) is 10.4. The Morgan fingerprint density at radius 2 is 2.28 bits per heavy atom. The maximum absolute atomic E-state index is 11.5. The molecular formula is C13H15NO4. The second kappa shape index (κ2) is 5.08. The Bertz CT molecular complexity index is 484. The first-order chi connectivity index (χ1) is 8.61. The van der Waals surface area contributed by atoms with E-state index in [4.69, 9.17) is 9.47 Å². The summed E-state index contributed by atoms with van der Waals surface area (Å²) in [5.41, 5.74) is 0.569. The smallest absolute Gasteiger partial charge is 0.260 e. The van der Waals surface area contributed by atoms with Crippen LogP contribution in [0.3, 0.4) is 0 Å². The Kier molecular flexibility index (Phi) is 3.50. The average molecular weight is 249 g/mol. The minimum absolute atomic E-state index is 0.0168. The Morgan fingerprint density at radius 3 is 3.00 bits per heavy atom. The summed E-state index contributed by atoms with van der Waals surface area (Å²) in [6, 6.07) is 4.97. The molecule has 18 heavy (non-hydrogen) atoms. The fourth-order valence-corrected chi connectivity index (χ4v) is 1.59. The van der Waals surface area contributed by atoms with E-state index in [2.05, 4.69) is 0 Å². The van der Waals surface area contributed by atoms with Gasteiger partial charge in [0.15, 0.2) is 13.2 Å². The number of hydrogen-bond donors (Lipinski definition) is 0. The van der Waals surface area contributed by atoms with Gasteiger partial charge >= 0.3 is 0 Å². The zero-order valence-electron chi connectivity index (χ0n) is 10.4. The Balaban J connectivity index is 1.99. The van der Waals surface area contributed by atoms with Crippen LogP contribution >= 0.6 is 0 Å². The second-order valence-corrected chi connectivity index (χ2v) is 4.07. The molecule has 1 amide bonds. The molecule has 1 aliphatic heterocycles. The van der Waals surface area contributed by atoms with Crippen LogP contribution in [0.15, 0.2) is 18.2 Å². The van der Waals surface area contributed by atoms with Crippen LogP contribution in [0, 0.1) is 0 Å². The minimum Gasteiger partial charge on any atom is -0.485 e. The number of benzene rings is 1. The Hall–Kier alpha value is -2.04. The third-order valence-electron chi connectivity index (χ3n) is 2.87. The third-order valence-corrected chi connectivity index (χ3v) is 2.87. The van der Waals surface area contributed by atoms with E-state index in [0.717, 1.165) is 0 Å². The highest BCUT2D eigenvalue weighted by Crippen LogP contribution is 2.29. The number of carbonyl (C=O) groups excluding carboxylic acids is 2. The number of ether oxygens (including phenoxy) is 2. The van der Waals surface area contributed by atoms with E-state index in [1.54, 1.807) is 30.1 Å². The van der Waals surface area contributed by atoms with Crippen molar-refractivity contribution in [1.82, 2.24) is 4.90 Å². The van der Waals surface area contributed by atoms with Gasteiger partial charge in [-0.25, -0.2) is 0 Å². The molecule has 0 radical (unpaired) electrons. The first kappa shape index (κ1) is 12.4. The third kappa shape index (κ3) is 2.45. The van der Waals surface area contributed by atoms with E-state index in [-0.39, 0.29) is 24.9 Å². The van der Waals surface area contributed by atoms with Gasteiger partial charge in [0.2, 0.25) is 5.78 Å². The summed E-state index contributed by atoms with van der Waals surface area (Å²) in [5.74, 6) is 0.934. The fraction of sp³-hybridized carbons (Fsp3) is 0.385. The highest BCUT2D eigenvalue weighted by Gasteiger charge is 2.21. The van der Waals surface area contributed by atoms with Gasteiger partial charge in [0.25, 0.3) is 5.91 Å². The van der Waals surface area contributed by atoms with Gasteiger partial charge in [0.1, 0.15) is 11.5 Å². The van der Waals surface area contributed by atoms with Gasteiger partial charge in [-0.05, 0) is 19.1 Å². The van der Waals surface area contributed by atoms with Crippen molar-refractivity contribution in [1.29, 1.82) is 0 Å². The van der Waals surface area contributed by atoms with Crippen molar-refractivity contribution >= 4 is 11.7 Å². The van der Waals surface area contributed by atoms with Crippen LogP contribution in [0.2, 0.25) is 0 Å². The van der Waals surface area contributed by atoms with Crippen LogP contribution in [0.1, 0.15) is 17.3 Å². The molecule has 1 heterocycles. The first-order valence-corrected chi connectivity index (χ1v) is 5.78. The van der Waals surface area contributed by atoms with Crippen molar-refractivity contribution in [2.45, 2.75) is 6.92 Å². The molecule has 0 fully saturated rings. The van der Waals surface area contributed by atoms with Gasteiger partial charge in [-0.3, -0.25) is 9.59 Å². The average Bonchev–Trinajstić information content (AvgIpc) is 2.76. The molecule has 1 aliphatic rings. The number of amides is 1. The van der Waals surface area contributed by atoms with Crippen LogP contribution in [0.4, 0.5) is 0 Å². The van der Waals surface area contributed by atoms with Gasteiger partial charge in [0, 0.05) is 19.7 Å². The molecule has 0 aromatic heterocycles. The van der Waals surface area contributed by atoms with Gasteiger partial charge < -0.3 is 14.4 Å². The normalized spacial score (nSPS) is 12.9. The Morgan fingerprint density at radius 1 is 1.50 bits per heavy atom. The molecule has 0 saturated heterocycles. The highest BCUT2D eigenvalue weighted by molar-refractivity contribution is 6.02. The van der Waals surface area contributed by atoms with Crippen molar-refractivity contribution in [3.05, 3.63) is 23.8 Å². The maximum Gasteiger partial charge on any atom is 0.260 e. The number of ketones is 1. The molecule has 1 aromatic rings. The summed E-state index contributed by atoms with van der Waals surface area (Å²) >= 11 is 0. The van der Waals surface area contributed by atoms with E-state index in [1.165, 1.54) is 0 Å². The monoisotopic (exact) mass is 249 g/mol. The van der Waals surface area contributed by atoms with E-state index in [1.807, 2.05) is 6.92 Å². The molecule has 96 valence electrons. The largest absolute Gasteiger partial charge is 0.485 e. The summed E-state index contributed by atoms with van der Waals surface area (Å²) in [6.07, 6.45) is 0. The van der Waals surface area contributed by atoms with Gasteiger partial charge in [-0.1, -0.05) is 0 Å². The molecule has 2 rings (SSSR count). The fourth-order valence-electron chi connectivity index (χ4n) is 1.59. The number of likely N-dealkylation sites (N-methyl/N-ethyl adjacent to an activating group) is 1. The minimum atomic E-state index is -0.0880. The maximum atomic E-state index is 11.5. The van der Waals surface area contributed by atoms with Crippen molar-refractivity contribution in [3.63, 3.8) is 0 Å². The zero-order chi connectivity index (χ0) is 13.1. The van der Waals surface area contributed by atoms with E-state index >= 15 is 0 Å². The molecule has 5 heteroatoms. The van der Waals surface area contributed by atoms with Crippen LogP contribution < -0.4 is 9.47 Å². The lowest BCUT2D eigenvalue weighted by Crippen LogP contribution is -2.31. The molecule has 0 spiro atoms. The lowest BCUT2D eigenvalue weighted by molar-refractivity contribution is -0.131. The summed E-state index contributed by atoms with van der Waals surface area (Å²) in [7, 11) is 1.72. The molecule has 0 unspecified atom stereocenters. The molecule has 0 N–H and O–H groups in total. The van der Waals surface area contributed by atoms with Gasteiger partial charge in [0.05, 0.1) is 5.56 Å². The number of nitrogens with zero attached hydrogens (tertiary/aromatic N) is 1.